The normalized spacial score (nSPS) is 11.1. The predicted molar refractivity (Wildman–Crippen MR) is 78.1 cm³/mol. The molecular formula is C14H20N2OS. The summed E-state index contributed by atoms with van der Waals surface area (Å²) in [4.78, 5) is 14.4. The second-order valence-corrected chi connectivity index (χ2v) is 5.23. The minimum Gasteiger partial charge on any atom is -0.392 e. The molecule has 1 aromatic rings. The summed E-state index contributed by atoms with van der Waals surface area (Å²) in [6.45, 7) is 6.72. The highest BCUT2D eigenvalue weighted by Gasteiger charge is 2.34. The van der Waals surface area contributed by atoms with Crippen molar-refractivity contribution in [2.24, 2.45) is 11.1 Å². The third-order valence-electron chi connectivity index (χ3n) is 3.04. The summed E-state index contributed by atoms with van der Waals surface area (Å²) < 4.78 is 0. The van der Waals surface area contributed by atoms with Gasteiger partial charge in [-0.05, 0) is 26.3 Å². The summed E-state index contributed by atoms with van der Waals surface area (Å²) in [7, 11) is 0. The maximum atomic E-state index is 12.4. The van der Waals surface area contributed by atoms with Gasteiger partial charge in [-0.2, -0.15) is 0 Å². The number of carbonyl (C=O) groups is 1. The van der Waals surface area contributed by atoms with Crippen LogP contribution in [0.15, 0.2) is 30.3 Å². The van der Waals surface area contributed by atoms with Crippen LogP contribution in [0, 0.1) is 5.41 Å². The summed E-state index contributed by atoms with van der Waals surface area (Å²) in [5.41, 5.74) is 5.95. The molecule has 0 heterocycles. The molecule has 3 nitrogen and oxygen atoms in total. The molecule has 1 amide bonds. The third-order valence-corrected chi connectivity index (χ3v) is 3.55. The molecule has 0 atom stereocenters. The minimum atomic E-state index is -0.792. The van der Waals surface area contributed by atoms with Gasteiger partial charge in [-0.3, -0.25) is 4.79 Å². The highest BCUT2D eigenvalue weighted by atomic mass is 32.1. The van der Waals surface area contributed by atoms with Gasteiger partial charge in [0.2, 0.25) is 5.91 Å². The minimum absolute atomic E-state index is 0.0265. The summed E-state index contributed by atoms with van der Waals surface area (Å²) in [5, 5.41) is 0. The lowest BCUT2D eigenvalue weighted by Gasteiger charge is -2.30. The number of carbonyl (C=O) groups excluding carboxylic acids is 1. The molecule has 0 bridgehead atoms. The zero-order valence-corrected chi connectivity index (χ0v) is 12.0. The zero-order chi connectivity index (χ0) is 13.8. The molecule has 0 aliphatic rings. The van der Waals surface area contributed by atoms with Gasteiger partial charge < -0.3 is 10.6 Å². The van der Waals surface area contributed by atoms with Crippen LogP contribution in [0.25, 0.3) is 0 Å². The first-order valence-corrected chi connectivity index (χ1v) is 6.43. The zero-order valence-electron chi connectivity index (χ0n) is 11.1. The van der Waals surface area contributed by atoms with Gasteiger partial charge in [-0.15, -0.1) is 0 Å². The highest BCUT2D eigenvalue weighted by molar-refractivity contribution is 7.80. The van der Waals surface area contributed by atoms with E-state index in [1.807, 2.05) is 37.3 Å². The van der Waals surface area contributed by atoms with E-state index in [-0.39, 0.29) is 10.9 Å². The van der Waals surface area contributed by atoms with Gasteiger partial charge in [0.05, 0.1) is 10.4 Å². The average Bonchev–Trinajstić information content (AvgIpc) is 2.36. The molecule has 1 rings (SSSR count). The molecule has 2 N–H and O–H groups in total. The maximum Gasteiger partial charge on any atom is 0.235 e. The molecule has 18 heavy (non-hydrogen) atoms. The van der Waals surface area contributed by atoms with E-state index in [1.165, 1.54) is 0 Å². The van der Waals surface area contributed by atoms with E-state index >= 15 is 0 Å². The summed E-state index contributed by atoms with van der Waals surface area (Å²) in [5.74, 6) is -0.0265. The van der Waals surface area contributed by atoms with Crippen LogP contribution in [0.2, 0.25) is 0 Å². The molecule has 0 unspecified atom stereocenters. The SMILES string of the molecule is CCN(Cc1ccccc1)C(=O)C(C)(C)C(N)=S. The Kier molecular flexibility index (Phi) is 4.84. The summed E-state index contributed by atoms with van der Waals surface area (Å²) >= 11 is 4.97. The van der Waals surface area contributed by atoms with Crippen molar-refractivity contribution in [3.63, 3.8) is 0 Å². The van der Waals surface area contributed by atoms with E-state index in [1.54, 1.807) is 18.7 Å². The highest BCUT2D eigenvalue weighted by Crippen LogP contribution is 2.20. The van der Waals surface area contributed by atoms with Gasteiger partial charge in [-0.25, -0.2) is 0 Å². The van der Waals surface area contributed by atoms with E-state index in [2.05, 4.69) is 0 Å². The summed E-state index contributed by atoms with van der Waals surface area (Å²) in [6.07, 6.45) is 0. The van der Waals surface area contributed by atoms with Crippen LogP contribution in [0.1, 0.15) is 26.3 Å². The molecule has 0 aromatic heterocycles. The second-order valence-electron chi connectivity index (χ2n) is 4.79. The quantitative estimate of drug-likeness (QED) is 0.830. The maximum absolute atomic E-state index is 12.4. The Morgan fingerprint density at radius 2 is 1.89 bits per heavy atom. The number of amides is 1. The lowest BCUT2D eigenvalue weighted by atomic mass is 9.91. The van der Waals surface area contributed by atoms with Crippen LogP contribution >= 0.6 is 12.2 Å². The van der Waals surface area contributed by atoms with Gasteiger partial charge in [-0.1, -0.05) is 42.5 Å². The summed E-state index contributed by atoms with van der Waals surface area (Å²) in [6, 6.07) is 9.90. The number of hydrogen-bond acceptors (Lipinski definition) is 2. The molecule has 0 radical (unpaired) electrons. The van der Waals surface area contributed by atoms with Crippen molar-refractivity contribution >= 4 is 23.1 Å². The van der Waals surface area contributed by atoms with Crippen molar-refractivity contribution in [1.82, 2.24) is 4.90 Å². The van der Waals surface area contributed by atoms with Gasteiger partial charge in [0.15, 0.2) is 0 Å². The Morgan fingerprint density at radius 3 is 2.33 bits per heavy atom. The monoisotopic (exact) mass is 264 g/mol. The predicted octanol–water partition coefficient (Wildman–Crippen LogP) is 2.35. The van der Waals surface area contributed by atoms with Gasteiger partial charge in [0, 0.05) is 13.1 Å². The Balaban J connectivity index is 2.85. The van der Waals surface area contributed by atoms with Crippen molar-refractivity contribution in [2.45, 2.75) is 27.3 Å². The first-order valence-electron chi connectivity index (χ1n) is 6.02. The smallest absolute Gasteiger partial charge is 0.235 e. The standard InChI is InChI=1S/C14H20N2OS/c1-4-16(10-11-8-6-5-7-9-11)13(17)14(2,3)12(15)18/h5-9H,4,10H2,1-3H3,(H2,15,18). The van der Waals surface area contributed by atoms with E-state index < -0.39 is 5.41 Å². The Morgan fingerprint density at radius 1 is 1.33 bits per heavy atom. The van der Waals surface area contributed by atoms with E-state index in [9.17, 15) is 4.79 Å². The lowest BCUT2D eigenvalue weighted by Crippen LogP contribution is -2.46. The van der Waals surface area contributed by atoms with Crippen LogP contribution < -0.4 is 5.73 Å². The number of nitrogens with zero attached hydrogens (tertiary/aromatic N) is 1. The van der Waals surface area contributed by atoms with Crippen LogP contribution in [-0.2, 0) is 11.3 Å². The fourth-order valence-electron chi connectivity index (χ4n) is 1.63. The second kappa shape index (κ2) is 5.96. The Hall–Kier alpha value is -1.42. The van der Waals surface area contributed by atoms with Crippen molar-refractivity contribution < 1.29 is 4.79 Å². The molecule has 4 heteroatoms. The number of benzene rings is 1. The lowest BCUT2D eigenvalue weighted by molar-refractivity contribution is -0.137. The van der Waals surface area contributed by atoms with Crippen LogP contribution in [0.5, 0.6) is 0 Å². The van der Waals surface area contributed by atoms with E-state index in [0.29, 0.717) is 13.1 Å². The molecule has 1 aromatic carbocycles. The molecule has 0 saturated carbocycles. The van der Waals surface area contributed by atoms with Gasteiger partial charge in [0.25, 0.3) is 0 Å². The Labute approximate surface area is 114 Å². The van der Waals surface area contributed by atoms with Gasteiger partial charge in [0.1, 0.15) is 0 Å². The largest absolute Gasteiger partial charge is 0.392 e. The van der Waals surface area contributed by atoms with E-state index in [0.717, 1.165) is 5.56 Å². The van der Waals surface area contributed by atoms with Gasteiger partial charge >= 0.3 is 0 Å². The first-order chi connectivity index (χ1) is 8.39. The van der Waals surface area contributed by atoms with Crippen LogP contribution in [-0.4, -0.2) is 22.3 Å². The molecule has 0 saturated heterocycles. The molecular weight excluding hydrogens is 244 g/mol. The molecule has 0 aliphatic carbocycles. The fraction of sp³-hybridized carbons (Fsp3) is 0.429. The van der Waals surface area contributed by atoms with E-state index in [4.69, 9.17) is 18.0 Å². The first kappa shape index (κ1) is 14.6. The molecule has 0 fully saturated rings. The fourth-order valence-corrected chi connectivity index (χ4v) is 1.72. The average molecular weight is 264 g/mol. The van der Waals surface area contributed by atoms with Crippen molar-refractivity contribution in [3.05, 3.63) is 35.9 Å². The van der Waals surface area contributed by atoms with Crippen LogP contribution in [0.3, 0.4) is 0 Å². The van der Waals surface area contributed by atoms with Crippen molar-refractivity contribution in [1.29, 1.82) is 0 Å². The Bertz CT molecular complexity index is 429. The van der Waals surface area contributed by atoms with Crippen molar-refractivity contribution in [2.75, 3.05) is 6.54 Å². The molecule has 0 spiro atoms. The number of hydrogen-bond donors (Lipinski definition) is 1. The number of thiocarbonyl (C=S) groups is 1. The molecule has 0 aliphatic heterocycles. The topological polar surface area (TPSA) is 46.3 Å². The number of nitrogens with two attached hydrogens (primary N) is 1. The molecule has 98 valence electrons. The van der Waals surface area contributed by atoms with Crippen LogP contribution in [0.4, 0.5) is 0 Å². The van der Waals surface area contributed by atoms with Crippen molar-refractivity contribution in [3.8, 4) is 0 Å². The number of rotatable bonds is 5. The third kappa shape index (κ3) is 3.29.